The van der Waals surface area contributed by atoms with Crippen LogP contribution in [0.4, 0.5) is 11.4 Å². The van der Waals surface area contributed by atoms with Crippen molar-refractivity contribution in [1.82, 2.24) is 5.32 Å². The minimum Gasteiger partial charge on any atom is -0.378 e. The molecular formula is C25H25N3O2. The van der Waals surface area contributed by atoms with Gasteiger partial charge in [0.05, 0.1) is 0 Å². The molecule has 0 unspecified atom stereocenters. The predicted molar refractivity (Wildman–Crippen MR) is 122 cm³/mol. The predicted octanol–water partition coefficient (Wildman–Crippen LogP) is 4.47. The van der Waals surface area contributed by atoms with Crippen LogP contribution >= 0.6 is 0 Å². The zero-order valence-electron chi connectivity index (χ0n) is 17.3. The van der Waals surface area contributed by atoms with Crippen molar-refractivity contribution < 1.29 is 9.59 Å². The van der Waals surface area contributed by atoms with E-state index in [1.54, 1.807) is 30.3 Å². The van der Waals surface area contributed by atoms with Gasteiger partial charge >= 0.3 is 0 Å². The Morgan fingerprint density at radius 1 is 0.867 bits per heavy atom. The first-order valence-electron chi connectivity index (χ1n) is 9.66. The smallest absolute Gasteiger partial charge is 0.272 e. The largest absolute Gasteiger partial charge is 0.378 e. The summed E-state index contributed by atoms with van der Waals surface area (Å²) in [5.74, 6) is -0.729. The van der Waals surface area contributed by atoms with E-state index in [1.807, 2.05) is 80.5 Å². The summed E-state index contributed by atoms with van der Waals surface area (Å²) in [5.41, 5.74) is 4.21. The Bertz CT molecular complexity index is 1060. The summed E-state index contributed by atoms with van der Waals surface area (Å²) in [5, 5.41) is 5.61. The van der Waals surface area contributed by atoms with Gasteiger partial charge in [-0.3, -0.25) is 9.59 Å². The molecule has 2 N–H and O–H groups in total. The second kappa shape index (κ2) is 9.56. The third kappa shape index (κ3) is 5.58. The van der Waals surface area contributed by atoms with Crippen molar-refractivity contribution >= 4 is 29.3 Å². The van der Waals surface area contributed by atoms with Crippen molar-refractivity contribution in [3.8, 4) is 0 Å². The molecule has 0 bridgehead atoms. The summed E-state index contributed by atoms with van der Waals surface area (Å²) < 4.78 is 0. The zero-order chi connectivity index (χ0) is 21.5. The first-order chi connectivity index (χ1) is 14.4. The fraction of sp³-hybridized carbons (Fsp3) is 0.120. The highest BCUT2D eigenvalue weighted by Gasteiger charge is 2.15. The Kier molecular flexibility index (Phi) is 6.65. The van der Waals surface area contributed by atoms with Gasteiger partial charge < -0.3 is 15.5 Å². The molecule has 30 heavy (non-hydrogen) atoms. The number of nitrogens with one attached hydrogen (secondary N) is 2. The Labute approximate surface area is 177 Å². The highest BCUT2D eigenvalue weighted by molar-refractivity contribution is 6.10. The van der Waals surface area contributed by atoms with Crippen molar-refractivity contribution in [2.75, 3.05) is 24.3 Å². The Balaban J connectivity index is 1.88. The number of carbonyl (C=O) groups excluding carboxylic acids is 2. The average molecular weight is 399 g/mol. The highest BCUT2D eigenvalue weighted by Crippen LogP contribution is 2.16. The number of nitrogens with zero attached hydrogens (tertiary/aromatic N) is 1. The van der Waals surface area contributed by atoms with E-state index in [9.17, 15) is 9.59 Å². The molecule has 152 valence electrons. The molecule has 0 aliphatic carbocycles. The summed E-state index contributed by atoms with van der Waals surface area (Å²) >= 11 is 0. The molecule has 0 fully saturated rings. The minimum absolute atomic E-state index is 0.169. The van der Waals surface area contributed by atoms with Crippen LogP contribution in [-0.4, -0.2) is 25.9 Å². The molecule has 0 heterocycles. The molecule has 0 saturated carbocycles. The molecule has 2 amide bonds. The van der Waals surface area contributed by atoms with Gasteiger partial charge in [0, 0.05) is 31.0 Å². The number of carbonyl (C=O) groups is 2. The molecule has 0 saturated heterocycles. The van der Waals surface area contributed by atoms with E-state index in [-0.39, 0.29) is 17.5 Å². The molecule has 0 radical (unpaired) electrons. The number of aryl methyl sites for hydroxylation is 1. The normalized spacial score (nSPS) is 11.0. The van der Waals surface area contributed by atoms with Crippen molar-refractivity contribution in [3.05, 3.63) is 101 Å². The maximum absolute atomic E-state index is 13.0. The van der Waals surface area contributed by atoms with Crippen LogP contribution in [0.5, 0.6) is 0 Å². The standard InChI is InChI=1S/C25H25N3O2/c1-18-8-7-11-21(16-18)26-25(30)23(27-24(29)20-9-5-4-6-10-20)17-19-12-14-22(15-13-19)28(2)3/h4-17H,1-3H3,(H,26,30)(H,27,29). The van der Waals surface area contributed by atoms with Crippen molar-refractivity contribution in [1.29, 1.82) is 0 Å². The van der Waals surface area contributed by atoms with Gasteiger partial charge in [0.1, 0.15) is 5.70 Å². The van der Waals surface area contributed by atoms with Gasteiger partial charge in [-0.25, -0.2) is 0 Å². The van der Waals surface area contributed by atoms with E-state index in [0.717, 1.165) is 16.8 Å². The van der Waals surface area contributed by atoms with Crippen LogP contribution < -0.4 is 15.5 Å². The lowest BCUT2D eigenvalue weighted by atomic mass is 10.1. The molecule has 0 spiro atoms. The quantitative estimate of drug-likeness (QED) is 0.601. The zero-order valence-corrected chi connectivity index (χ0v) is 17.3. The number of rotatable bonds is 6. The first kappa shape index (κ1) is 20.9. The van der Waals surface area contributed by atoms with E-state index >= 15 is 0 Å². The average Bonchev–Trinajstić information content (AvgIpc) is 2.74. The summed E-state index contributed by atoms with van der Waals surface area (Å²) in [4.78, 5) is 27.6. The minimum atomic E-state index is -0.387. The second-order valence-electron chi connectivity index (χ2n) is 7.19. The topological polar surface area (TPSA) is 61.4 Å². The highest BCUT2D eigenvalue weighted by atomic mass is 16.2. The second-order valence-corrected chi connectivity index (χ2v) is 7.19. The summed E-state index contributed by atoms with van der Waals surface area (Å²) in [6, 6.07) is 24.1. The molecule has 3 aromatic carbocycles. The van der Waals surface area contributed by atoms with E-state index in [2.05, 4.69) is 10.6 Å². The molecule has 3 aromatic rings. The lowest BCUT2D eigenvalue weighted by Crippen LogP contribution is -2.30. The van der Waals surface area contributed by atoms with Crippen molar-refractivity contribution in [2.45, 2.75) is 6.92 Å². The van der Waals surface area contributed by atoms with Gasteiger partial charge in [-0.05, 0) is 60.5 Å². The van der Waals surface area contributed by atoms with Gasteiger partial charge in [-0.2, -0.15) is 0 Å². The van der Waals surface area contributed by atoms with Crippen LogP contribution in [0.1, 0.15) is 21.5 Å². The number of benzene rings is 3. The maximum atomic E-state index is 13.0. The van der Waals surface area contributed by atoms with Gasteiger partial charge in [-0.1, -0.05) is 42.5 Å². The van der Waals surface area contributed by atoms with E-state index < -0.39 is 0 Å². The molecule has 5 heteroatoms. The van der Waals surface area contributed by atoms with Crippen LogP contribution in [0.2, 0.25) is 0 Å². The summed E-state index contributed by atoms with van der Waals surface area (Å²) in [6.07, 6.45) is 1.67. The molecule has 0 aliphatic rings. The Hall–Kier alpha value is -3.86. The van der Waals surface area contributed by atoms with Gasteiger partial charge in [0.25, 0.3) is 11.8 Å². The molecule has 0 aromatic heterocycles. The third-order valence-electron chi connectivity index (χ3n) is 4.53. The molecule has 0 atom stereocenters. The van der Waals surface area contributed by atoms with Gasteiger partial charge in [0.15, 0.2) is 0 Å². The lowest BCUT2D eigenvalue weighted by molar-refractivity contribution is -0.113. The molecule has 3 rings (SSSR count). The van der Waals surface area contributed by atoms with Crippen LogP contribution in [0.25, 0.3) is 6.08 Å². The van der Waals surface area contributed by atoms with Crippen LogP contribution in [0.3, 0.4) is 0 Å². The van der Waals surface area contributed by atoms with Crippen molar-refractivity contribution in [3.63, 3.8) is 0 Å². The number of amides is 2. The maximum Gasteiger partial charge on any atom is 0.272 e. The number of hydrogen-bond acceptors (Lipinski definition) is 3. The Morgan fingerprint density at radius 3 is 2.20 bits per heavy atom. The lowest BCUT2D eigenvalue weighted by Gasteiger charge is -2.13. The number of hydrogen-bond donors (Lipinski definition) is 2. The summed E-state index contributed by atoms with van der Waals surface area (Å²) in [6.45, 7) is 1.95. The van der Waals surface area contributed by atoms with Crippen LogP contribution in [0.15, 0.2) is 84.6 Å². The van der Waals surface area contributed by atoms with E-state index in [4.69, 9.17) is 0 Å². The van der Waals surface area contributed by atoms with E-state index in [1.165, 1.54) is 0 Å². The monoisotopic (exact) mass is 399 g/mol. The molecular weight excluding hydrogens is 374 g/mol. The molecule has 5 nitrogen and oxygen atoms in total. The third-order valence-corrected chi connectivity index (χ3v) is 4.53. The number of anilines is 2. The molecule has 0 aliphatic heterocycles. The van der Waals surface area contributed by atoms with Crippen LogP contribution in [0, 0.1) is 6.92 Å². The fourth-order valence-electron chi connectivity index (χ4n) is 2.90. The van der Waals surface area contributed by atoms with E-state index in [0.29, 0.717) is 11.3 Å². The Morgan fingerprint density at radius 2 is 1.57 bits per heavy atom. The summed E-state index contributed by atoms with van der Waals surface area (Å²) in [7, 11) is 3.93. The van der Waals surface area contributed by atoms with Crippen LogP contribution in [-0.2, 0) is 4.79 Å². The van der Waals surface area contributed by atoms with Gasteiger partial charge in [-0.15, -0.1) is 0 Å². The van der Waals surface area contributed by atoms with Crippen molar-refractivity contribution in [2.24, 2.45) is 0 Å². The SMILES string of the molecule is Cc1cccc(NC(=O)C(=Cc2ccc(N(C)C)cc2)NC(=O)c2ccccc2)c1. The fourth-order valence-corrected chi connectivity index (χ4v) is 2.90. The first-order valence-corrected chi connectivity index (χ1v) is 9.66. The van der Waals surface area contributed by atoms with Gasteiger partial charge in [0.2, 0.25) is 0 Å².